The second kappa shape index (κ2) is 9.71. The standard InChI is InChI=1S/C17H28N4O2/c1-6-13(2)20-17(18-3)19-11-14-8-7-9-15(10-14)23-12-16(22)21(4)5/h7-10,13H,6,11-12H2,1-5H3,(H2,18,19,20). The van der Waals surface area contributed by atoms with E-state index in [0.29, 0.717) is 18.3 Å². The fourth-order valence-electron chi connectivity index (χ4n) is 1.74. The molecule has 23 heavy (non-hydrogen) atoms. The van der Waals surface area contributed by atoms with E-state index in [9.17, 15) is 4.79 Å². The summed E-state index contributed by atoms with van der Waals surface area (Å²) >= 11 is 0. The molecule has 1 amide bonds. The van der Waals surface area contributed by atoms with Crippen molar-refractivity contribution in [2.75, 3.05) is 27.7 Å². The Morgan fingerprint density at radius 2 is 2.13 bits per heavy atom. The Kier molecular flexibility index (Phi) is 7.94. The van der Waals surface area contributed by atoms with Gasteiger partial charge in [-0.05, 0) is 31.0 Å². The van der Waals surface area contributed by atoms with E-state index >= 15 is 0 Å². The Bertz CT molecular complexity index is 529. The highest BCUT2D eigenvalue weighted by Crippen LogP contribution is 2.13. The summed E-state index contributed by atoms with van der Waals surface area (Å²) in [6.07, 6.45) is 1.03. The molecule has 0 aliphatic heterocycles. The van der Waals surface area contributed by atoms with Crippen LogP contribution in [0, 0.1) is 0 Å². The van der Waals surface area contributed by atoms with Crippen LogP contribution in [0.1, 0.15) is 25.8 Å². The quantitative estimate of drug-likeness (QED) is 0.592. The lowest BCUT2D eigenvalue weighted by Crippen LogP contribution is -2.41. The van der Waals surface area contributed by atoms with Crippen molar-refractivity contribution in [3.8, 4) is 5.75 Å². The Labute approximate surface area is 138 Å². The molecule has 2 N–H and O–H groups in total. The maximum absolute atomic E-state index is 11.6. The van der Waals surface area contributed by atoms with E-state index in [1.165, 1.54) is 4.90 Å². The van der Waals surface area contributed by atoms with E-state index in [4.69, 9.17) is 4.74 Å². The molecular weight excluding hydrogens is 292 g/mol. The number of carbonyl (C=O) groups is 1. The maximum atomic E-state index is 11.6. The minimum absolute atomic E-state index is 0.0428. The Balaban J connectivity index is 2.55. The highest BCUT2D eigenvalue weighted by atomic mass is 16.5. The second-order valence-corrected chi connectivity index (χ2v) is 5.60. The maximum Gasteiger partial charge on any atom is 0.259 e. The topological polar surface area (TPSA) is 66.0 Å². The zero-order valence-corrected chi connectivity index (χ0v) is 14.7. The van der Waals surface area contributed by atoms with Gasteiger partial charge in [0.1, 0.15) is 5.75 Å². The van der Waals surface area contributed by atoms with Gasteiger partial charge in [0, 0.05) is 33.7 Å². The average molecular weight is 320 g/mol. The van der Waals surface area contributed by atoms with Crippen LogP contribution < -0.4 is 15.4 Å². The van der Waals surface area contributed by atoms with Crippen LogP contribution in [0.3, 0.4) is 0 Å². The number of aliphatic imine (C=N–C) groups is 1. The van der Waals surface area contributed by atoms with Gasteiger partial charge in [-0.25, -0.2) is 0 Å². The first kappa shape index (κ1) is 18.8. The molecule has 128 valence electrons. The summed E-state index contributed by atoms with van der Waals surface area (Å²) in [5, 5.41) is 6.58. The molecule has 0 aliphatic rings. The molecule has 0 spiro atoms. The molecule has 0 aromatic heterocycles. The van der Waals surface area contributed by atoms with Crippen LogP contribution >= 0.6 is 0 Å². The van der Waals surface area contributed by atoms with Crippen molar-refractivity contribution in [1.29, 1.82) is 0 Å². The van der Waals surface area contributed by atoms with Gasteiger partial charge in [-0.15, -0.1) is 0 Å². The minimum atomic E-state index is -0.0633. The number of likely N-dealkylation sites (N-methyl/N-ethyl adjacent to an activating group) is 1. The number of benzene rings is 1. The molecule has 0 bridgehead atoms. The lowest BCUT2D eigenvalue weighted by molar-refractivity contribution is -0.130. The van der Waals surface area contributed by atoms with Gasteiger partial charge in [-0.2, -0.15) is 0 Å². The van der Waals surface area contributed by atoms with Gasteiger partial charge in [-0.1, -0.05) is 19.1 Å². The third kappa shape index (κ3) is 7.04. The van der Waals surface area contributed by atoms with Gasteiger partial charge in [0.15, 0.2) is 12.6 Å². The summed E-state index contributed by atoms with van der Waals surface area (Å²) in [7, 11) is 5.17. The second-order valence-electron chi connectivity index (χ2n) is 5.60. The molecule has 6 nitrogen and oxygen atoms in total. The van der Waals surface area contributed by atoms with Crippen LogP contribution in [0.4, 0.5) is 0 Å². The first-order valence-electron chi connectivity index (χ1n) is 7.85. The SMILES string of the molecule is CCC(C)NC(=NC)NCc1cccc(OCC(=O)N(C)C)c1. The zero-order chi connectivity index (χ0) is 17.2. The summed E-state index contributed by atoms with van der Waals surface area (Å²) < 4.78 is 5.52. The molecule has 0 fully saturated rings. The molecule has 0 saturated heterocycles. The lowest BCUT2D eigenvalue weighted by atomic mass is 10.2. The number of hydrogen-bond acceptors (Lipinski definition) is 3. The first-order chi connectivity index (χ1) is 11.0. The molecule has 1 aromatic carbocycles. The van der Waals surface area contributed by atoms with Crippen LogP contribution in [0.5, 0.6) is 5.75 Å². The van der Waals surface area contributed by atoms with E-state index in [0.717, 1.165) is 17.9 Å². The van der Waals surface area contributed by atoms with Crippen molar-refractivity contribution in [1.82, 2.24) is 15.5 Å². The molecule has 1 rings (SSSR count). The average Bonchev–Trinajstić information content (AvgIpc) is 2.56. The molecule has 1 aromatic rings. The van der Waals surface area contributed by atoms with E-state index in [2.05, 4.69) is 29.5 Å². The number of amides is 1. The van der Waals surface area contributed by atoms with Gasteiger partial charge in [0.25, 0.3) is 5.91 Å². The Morgan fingerprint density at radius 1 is 1.39 bits per heavy atom. The summed E-state index contributed by atoms with van der Waals surface area (Å²) in [5.41, 5.74) is 1.06. The van der Waals surface area contributed by atoms with Crippen molar-refractivity contribution in [3.63, 3.8) is 0 Å². The van der Waals surface area contributed by atoms with Gasteiger partial charge < -0.3 is 20.3 Å². The monoisotopic (exact) mass is 320 g/mol. The van der Waals surface area contributed by atoms with Crippen LogP contribution in [0.25, 0.3) is 0 Å². The molecule has 1 atom stereocenters. The van der Waals surface area contributed by atoms with Gasteiger partial charge in [-0.3, -0.25) is 9.79 Å². The molecule has 6 heteroatoms. The zero-order valence-electron chi connectivity index (χ0n) is 14.7. The third-order valence-corrected chi connectivity index (χ3v) is 3.44. The van der Waals surface area contributed by atoms with Crippen molar-refractivity contribution < 1.29 is 9.53 Å². The van der Waals surface area contributed by atoms with Gasteiger partial charge in [0.05, 0.1) is 0 Å². The molecule has 0 heterocycles. The highest BCUT2D eigenvalue weighted by Gasteiger charge is 2.06. The fourth-order valence-corrected chi connectivity index (χ4v) is 1.74. The molecule has 0 saturated carbocycles. The number of guanidine groups is 1. The van der Waals surface area contributed by atoms with Gasteiger partial charge in [0.2, 0.25) is 0 Å². The van der Waals surface area contributed by atoms with E-state index in [1.54, 1.807) is 21.1 Å². The third-order valence-electron chi connectivity index (χ3n) is 3.44. The number of hydrogen-bond donors (Lipinski definition) is 2. The van der Waals surface area contributed by atoms with Gasteiger partial charge >= 0.3 is 0 Å². The molecule has 0 aliphatic carbocycles. The van der Waals surface area contributed by atoms with Crippen LogP contribution in [-0.4, -0.2) is 50.6 Å². The predicted octanol–water partition coefficient (Wildman–Crippen LogP) is 1.62. The summed E-state index contributed by atoms with van der Waals surface area (Å²) in [6, 6.07) is 8.06. The Morgan fingerprint density at radius 3 is 2.74 bits per heavy atom. The lowest BCUT2D eigenvalue weighted by Gasteiger charge is -2.16. The number of nitrogens with one attached hydrogen (secondary N) is 2. The highest BCUT2D eigenvalue weighted by molar-refractivity contribution is 5.80. The summed E-state index contributed by atoms with van der Waals surface area (Å²) in [5.74, 6) is 1.39. The van der Waals surface area contributed by atoms with Crippen LogP contribution in [0.15, 0.2) is 29.3 Å². The van der Waals surface area contributed by atoms with Crippen molar-refractivity contribution in [3.05, 3.63) is 29.8 Å². The van der Waals surface area contributed by atoms with Crippen molar-refractivity contribution in [2.24, 2.45) is 4.99 Å². The molecule has 0 radical (unpaired) electrons. The number of ether oxygens (including phenoxy) is 1. The minimum Gasteiger partial charge on any atom is -0.484 e. The molecular formula is C17H28N4O2. The fraction of sp³-hybridized carbons (Fsp3) is 0.529. The molecule has 1 unspecified atom stereocenters. The Hall–Kier alpha value is -2.24. The summed E-state index contributed by atoms with van der Waals surface area (Å²) in [4.78, 5) is 17.3. The van der Waals surface area contributed by atoms with E-state index in [1.807, 2.05) is 24.3 Å². The number of nitrogens with zero attached hydrogens (tertiary/aromatic N) is 2. The van der Waals surface area contributed by atoms with Crippen molar-refractivity contribution >= 4 is 11.9 Å². The predicted molar refractivity (Wildman–Crippen MR) is 93.7 cm³/mol. The van der Waals surface area contributed by atoms with Crippen LogP contribution in [0.2, 0.25) is 0 Å². The van der Waals surface area contributed by atoms with Crippen molar-refractivity contribution in [2.45, 2.75) is 32.9 Å². The van der Waals surface area contributed by atoms with E-state index < -0.39 is 0 Å². The summed E-state index contributed by atoms with van der Waals surface area (Å²) in [6.45, 7) is 4.92. The van der Waals surface area contributed by atoms with E-state index in [-0.39, 0.29) is 12.5 Å². The van der Waals surface area contributed by atoms with Crippen LogP contribution in [-0.2, 0) is 11.3 Å². The normalized spacial score (nSPS) is 12.5. The number of rotatable bonds is 7. The first-order valence-corrected chi connectivity index (χ1v) is 7.85. The largest absolute Gasteiger partial charge is 0.484 e. The number of carbonyl (C=O) groups excluding carboxylic acids is 1. The smallest absolute Gasteiger partial charge is 0.259 e.